The SMILES string of the molecule is [2H]C([2H])([2H])c1c(-c2ccccc2)cccc1-c1cc(-c2ccc3c(c2)CC3)cc(-c2cccc(-c3cc(-c4ccccc4)cc(-n4c5ccccc5c5ccc6c(c7ccccc7n6-c6ccc(-c7nc(-c8ccccc8)nc(-c8ccccc8)n7)cc6)c54)c3)c2C([2H])([2H])[2H])c1. The van der Waals surface area contributed by atoms with Gasteiger partial charge in [0.1, 0.15) is 0 Å². The van der Waals surface area contributed by atoms with Crippen molar-refractivity contribution in [1.82, 2.24) is 24.1 Å². The van der Waals surface area contributed by atoms with E-state index < -0.39 is 13.7 Å². The molecule has 0 spiro atoms. The van der Waals surface area contributed by atoms with E-state index >= 15 is 0 Å². The van der Waals surface area contributed by atoms with Crippen LogP contribution in [0.15, 0.2) is 297 Å². The van der Waals surface area contributed by atoms with Crippen LogP contribution < -0.4 is 0 Å². The van der Waals surface area contributed by atoms with Gasteiger partial charge in [-0.25, -0.2) is 15.0 Å². The molecule has 1 aliphatic carbocycles. The Labute approximate surface area is 531 Å². The number of aryl methyl sites for hydroxylation is 2. The van der Waals surface area contributed by atoms with Crippen molar-refractivity contribution < 1.29 is 8.22 Å². The van der Waals surface area contributed by atoms with Gasteiger partial charge in [-0.3, -0.25) is 0 Å². The van der Waals surface area contributed by atoms with Crippen LogP contribution in [-0.4, -0.2) is 24.1 Å². The summed E-state index contributed by atoms with van der Waals surface area (Å²) in [6.07, 6.45) is 2.00. The molecule has 0 unspecified atom stereocenters. The molecule has 0 radical (unpaired) electrons. The molecule has 0 saturated carbocycles. The van der Waals surface area contributed by atoms with E-state index in [1.807, 2.05) is 152 Å². The number of rotatable bonds is 11. The highest BCUT2D eigenvalue weighted by Crippen LogP contribution is 2.46. The van der Waals surface area contributed by atoms with Crippen LogP contribution in [0, 0.1) is 13.7 Å². The lowest BCUT2D eigenvalue weighted by molar-refractivity contribution is 0.840. The normalized spacial score (nSPS) is 13.3. The molecule has 0 saturated heterocycles. The largest absolute Gasteiger partial charge is 0.309 e. The van der Waals surface area contributed by atoms with Crippen LogP contribution in [0.25, 0.3) is 156 Å². The number of aromatic nitrogens is 5. The number of fused-ring (bicyclic) bond motifs is 8. The molecule has 1 aliphatic rings. The first-order chi connectivity index (χ1) is 46.9. The fourth-order valence-corrected chi connectivity index (χ4v) is 13.6. The summed E-state index contributed by atoms with van der Waals surface area (Å²) in [5.41, 5.74) is 20.4. The fourth-order valence-electron chi connectivity index (χ4n) is 13.6. The van der Waals surface area contributed by atoms with E-state index in [0.29, 0.717) is 50.9 Å². The summed E-state index contributed by atoms with van der Waals surface area (Å²) in [7, 11) is 0. The van der Waals surface area contributed by atoms with Crippen molar-refractivity contribution in [3.63, 3.8) is 0 Å². The van der Waals surface area contributed by atoms with Crippen LogP contribution >= 0.6 is 0 Å². The molecule has 0 atom stereocenters. The highest BCUT2D eigenvalue weighted by atomic mass is 15.0. The Bertz CT molecular complexity index is 5660. The molecular formula is C85H59N5. The standard InChI is InChI=1S/C85H59N5/c1-54-71(58-23-9-4-10-24-58)31-19-32-72(54)66-48-64(63-40-38-57-37-39-62(57)47-63)49-67(51-66)73-33-20-34-74(55(73)2)68-50-65(56-21-7-3-8-22-56)52-70(53-68)90-78-35-17-15-29-75(78)76-45-46-80-81(82(76)90)77-30-16-18-36-79(77)89(80)69-43-41-61(42-44-69)85-87-83(59-25-11-5-12-26-59)86-84(88-85)60-27-13-6-14-28-60/h3-36,38,40-53H,37,39H2,1-2H3/i1D3,2D3. The first-order valence-corrected chi connectivity index (χ1v) is 30.6. The topological polar surface area (TPSA) is 48.5 Å². The van der Waals surface area contributed by atoms with Gasteiger partial charge in [0.15, 0.2) is 17.5 Å². The Morgan fingerprint density at radius 2 is 0.722 bits per heavy atom. The molecule has 3 heterocycles. The Balaban J connectivity index is 0.862. The molecule has 0 aliphatic heterocycles. The first-order valence-electron chi connectivity index (χ1n) is 33.6. The Hall–Kier alpha value is -11.5. The number of para-hydroxylation sites is 2. The summed E-state index contributed by atoms with van der Waals surface area (Å²) in [4.78, 5) is 15.0. The molecule has 17 rings (SSSR count). The zero-order chi connectivity index (χ0) is 64.8. The van der Waals surface area contributed by atoms with Crippen molar-refractivity contribution in [2.75, 3.05) is 0 Å². The van der Waals surface area contributed by atoms with E-state index in [0.717, 1.165) is 118 Å². The van der Waals surface area contributed by atoms with Gasteiger partial charge in [0.25, 0.3) is 0 Å². The van der Waals surface area contributed by atoms with E-state index in [1.165, 1.54) is 11.1 Å². The van der Waals surface area contributed by atoms with Gasteiger partial charge in [-0.05, 0) is 194 Å². The quantitative estimate of drug-likeness (QED) is 0.130. The van der Waals surface area contributed by atoms with Gasteiger partial charge in [-0.15, -0.1) is 0 Å². The Morgan fingerprint density at radius 3 is 1.28 bits per heavy atom. The minimum absolute atomic E-state index is 0.193. The average Bonchev–Trinajstić information content (AvgIpc) is 1.54. The molecule has 16 aromatic rings. The van der Waals surface area contributed by atoms with E-state index in [4.69, 9.17) is 19.1 Å². The zero-order valence-corrected chi connectivity index (χ0v) is 48.9. The second-order valence-electron chi connectivity index (χ2n) is 23.4. The lowest BCUT2D eigenvalue weighted by Gasteiger charge is -2.21. The predicted molar refractivity (Wildman–Crippen MR) is 374 cm³/mol. The monoisotopic (exact) mass is 1160 g/mol. The van der Waals surface area contributed by atoms with Gasteiger partial charge in [0, 0.05) is 57.8 Å². The molecule has 13 aromatic carbocycles. The van der Waals surface area contributed by atoms with E-state index in [-0.39, 0.29) is 11.1 Å². The molecule has 0 fully saturated rings. The fraction of sp³-hybridized carbons (Fsp3) is 0.0471. The highest BCUT2D eigenvalue weighted by molar-refractivity contribution is 6.26. The van der Waals surface area contributed by atoms with E-state index in [2.05, 4.69) is 155 Å². The van der Waals surface area contributed by atoms with Gasteiger partial charge in [-0.1, -0.05) is 218 Å². The van der Waals surface area contributed by atoms with Crippen molar-refractivity contribution in [2.24, 2.45) is 0 Å². The second-order valence-corrected chi connectivity index (χ2v) is 23.4. The Kier molecular flexibility index (Phi) is 11.3. The van der Waals surface area contributed by atoms with Crippen LogP contribution in [-0.2, 0) is 12.8 Å². The van der Waals surface area contributed by atoms with Crippen molar-refractivity contribution in [3.05, 3.63) is 320 Å². The number of nitrogens with zero attached hydrogens (tertiary/aromatic N) is 5. The zero-order valence-electron chi connectivity index (χ0n) is 54.9. The minimum Gasteiger partial charge on any atom is -0.309 e. The molecule has 424 valence electrons. The van der Waals surface area contributed by atoms with E-state index in [9.17, 15) is 4.11 Å². The third-order valence-electron chi connectivity index (χ3n) is 18.1. The summed E-state index contributed by atoms with van der Waals surface area (Å²) in [5.74, 6) is 1.77. The van der Waals surface area contributed by atoms with Crippen LogP contribution in [0.3, 0.4) is 0 Å². The van der Waals surface area contributed by atoms with Crippen molar-refractivity contribution >= 4 is 43.6 Å². The average molecular weight is 1160 g/mol. The minimum atomic E-state index is -2.63. The van der Waals surface area contributed by atoms with Crippen molar-refractivity contribution in [3.8, 4) is 112 Å². The predicted octanol–water partition coefficient (Wildman–Crippen LogP) is 21.8. The highest BCUT2D eigenvalue weighted by Gasteiger charge is 2.24. The second kappa shape index (κ2) is 21.7. The lowest BCUT2D eigenvalue weighted by atomic mass is 9.84. The van der Waals surface area contributed by atoms with Gasteiger partial charge in [0.2, 0.25) is 0 Å². The summed E-state index contributed by atoms with van der Waals surface area (Å²) in [5, 5.41) is 4.29. The van der Waals surface area contributed by atoms with Crippen LogP contribution in [0.4, 0.5) is 0 Å². The molecule has 5 nitrogen and oxygen atoms in total. The smallest absolute Gasteiger partial charge is 0.164 e. The summed E-state index contributed by atoms with van der Waals surface area (Å²) in [6, 6.07) is 101. The van der Waals surface area contributed by atoms with Gasteiger partial charge < -0.3 is 9.13 Å². The van der Waals surface area contributed by atoms with Gasteiger partial charge in [-0.2, -0.15) is 0 Å². The maximum Gasteiger partial charge on any atom is 0.164 e. The first kappa shape index (κ1) is 46.7. The van der Waals surface area contributed by atoms with Gasteiger partial charge >= 0.3 is 0 Å². The molecule has 90 heavy (non-hydrogen) atoms. The summed E-state index contributed by atoms with van der Waals surface area (Å²) < 4.78 is 60.8. The molecular weight excluding hydrogens is 1090 g/mol. The summed E-state index contributed by atoms with van der Waals surface area (Å²) >= 11 is 0. The van der Waals surface area contributed by atoms with Crippen molar-refractivity contribution in [2.45, 2.75) is 26.5 Å². The van der Waals surface area contributed by atoms with Gasteiger partial charge in [0.05, 0.1) is 22.1 Å². The van der Waals surface area contributed by atoms with Crippen LogP contribution in [0.1, 0.15) is 30.5 Å². The molecule has 3 aromatic heterocycles. The Morgan fingerprint density at radius 1 is 0.278 bits per heavy atom. The van der Waals surface area contributed by atoms with Crippen LogP contribution in [0.2, 0.25) is 0 Å². The maximum atomic E-state index is 9.63. The van der Waals surface area contributed by atoms with Crippen LogP contribution in [0.5, 0.6) is 0 Å². The number of hydrogen-bond donors (Lipinski definition) is 0. The number of benzene rings is 13. The third-order valence-corrected chi connectivity index (χ3v) is 18.1. The van der Waals surface area contributed by atoms with Crippen molar-refractivity contribution in [1.29, 1.82) is 0 Å². The lowest BCUT2D eigenvalue weighted by Crippen LogP contribution is -2.07. The van der Waals surface area contributed by atoms with E-state index in [1.54, 1.807) is 0 Å². The molecule has 0 amide bonds. The maximum absolute atomic E-state index is 9.63. The number of hydrogen-bond acceptors (Lipinski definition) is 3. The molecule has 5 heteroatoms. The summed E-state index contributed by atoms with van der Waals surface area (Å²) in [6.45, 7) is -5.12. The molecule has 0 N–H and O–H groups in total. The third kappa shape index (κ3) is 9.04. The molecule has 0 bridgehead atoms.